The first kappa shape index (κ1) is 16.8. The molecule has 8 nitrogen and oxygen atoms in total. The highest BCUT2D eigenvalue weighted by Gasteiger charge is 2.28. The molecule has 1 aliphatic heterocycles. The molecule has 136 valence electrons. The number of fused-ring (bicyclic) bond motifs is 1. The molecule has 0 saturated carbocycles. The zero-order valence-electron chi connectivity index (χ0n) is 14.5. The minimum absolute atomic E-state index is 0.00299. The fourth-order valence-corrected chi connectivity index (χ4v) is 2.93. The van der Waals surface area contributed by atoms with Gasteiger partial charge in [0.2, 0.25) is 5.91 Å². The molecule has 1 fully saturated rings. The van der Waals surface area contributed by atoms with Gasteiger partial charge in [-0.2, -0.15) is 0 Å². The van der Waals surface area contributed by atoms with Crippen molar-refractivity contribution in [1.29, 1.82) is 0 Å². The lowest BCUT2D eigenvalue weighted by molar-refractivity contribution is -0.125. The van der Waals surface area contributed by atoms with Gasteiger partial charge in [0.1, 0.15) is 5.52 Å². The molecule has 0 aliphatic carbocycles. The Hall–Kier alpha value is -3.68. The van der Waals surface area contributed by atoms with E-state index >= 15 is 0 Å². The lowest BCUT2D eigenvalue weighted by Crippen LogP contribution is -2.30. The topological polar surface area (TPSA) is 105 Å². The molecule has 2 heterocycles. The molecule has 1 aromatic heterocycles. The van der Waals surface area contributed by atoms with Crippen LogP contribution in [0.1, 0.15) is 21.8 Å². The van der Waals surface area contributed by atoms with Crippen LogP contribution < -0.4 is 10.6 Å². The van der Waals surface area contributed by atoms with Crippen LogP contribution in [-0.4, -0.2) is 34.3 Å². The predicted octanol–water partition coefficient (Wildman–Crippen LogP) is 2.44. The summed E-state index contributed by atoms with van der Waals surface area (Å²) in [5, 5.41) is 5.29. The fourth-order valence-electron chi connectivity index (χ4n) is 2.93. The van der Waals surface area contributed by atoms with Crippen LogP contribution in [0.3, 0.4) is 0 Å². The van der Waals surface area contributed by atoms with E-state index in [0.29, 0.717) is 33.8 Å². The number of urea groups is 1. The Morgan fingerprint density at radius 3 is 2.89 bits per heavy atom. The zero-order chi connectivity index (χ0) is 19.0. The number of carbonyl (C=O) groups excluding carboxylic acids is 3. The van der Waals surface area contributed by atoms with Crippen molar-refractivity contribution in [1.82, 2.24) is 15.2 Å². The second-order valence-electron chi connectivity index (χ2n) is 6.21. The minimum Gasteiger partial charge on any atom is -0.441 e. The second kappa shape index (κ2) is 6.56. The number of nitrogens with zero attached hydrogens (tertiary/aromatic N) is 2. The number of hydrogen-bond donors (Lipinski definition) is 2. The van der Waals surface area contributed by atoms with Gasteiger partial charge < -0.3 is 15.1 Å². The Morgan fingerprint density at radius 2 is 2.11 bits per heavy atom. The number of anilines is 1. The maximum absolute atomic E-state index is 12.6. The average Bonchev–Trinajstić information content (AvgIpc) is 3.17. The standard InChI is InChI=1S/C19H16N4O4/c1-11-21-15-8-14(5-6-16(15)27-11)22-18(25)13-4-2-3-12(7-13)10-23-17(24)9-20-19(23)26/h2-8H,9-10H2,1H3,(H,20,26)(H,22,25). The number of aromatic nitrogens is 1. The number of carbonyl (C=O) groups is 3. The maximum atomic E-state index is 12.6. The van der Waals surface area contributed by atoms with Crippen LogP contribution >= 0.6 is 0 Å². The molecular weight excluding hydrogens is 348 g/mol. The third-order valence-corrected chi connectivity index (χ3v) is 4.22. The van der Waals surface area contributed by atoms with Gasteiger partial charge in [-0.15, -0.1) is 0 Å². The Morgan fingerprint density at radius 1 is 1.26 bits per heavy atom. The molecule has 0 unspecified atom stereocenters. The fraction of sp³-hybridized carbons (Fsp3) is 0.158. The van der Waals surface area contributed by atoms with Gasteiger partial charge >= 0.3 is 6.03 Å². The quantitative estimate of drug-likeness (QED) is 0.692. The molecular formula is C19H16N4O4. The predicted molar refractivity (Wildman–Crippen MR) is 97.1 cm³/mol. The summed E-state index contributed by atoms with van der Waals surface area (Å²) in [6.07, 6.45) is 0. The van der Waals surface area contributed by atoms with Crippen LogP contribution in [0.2, 0.25) is 0 Å². The zero-order valence-corrected chi connectivity index (χ0v) is 14.5. The summed E-state index contributed by atoms with van der Waals surface area (Å²) >= 11 is 0. The number of hydrogen-bond acceptors (Lipinski definition) is 5. The van der Waals surface area contributed by atoms with Crippen molar-refractivity contribution in [2.24, 2.45) is 0 Å². The molecule has 3 aromatic rings. The van der Waals surface area contributed by atoms with Crippen LogP contribution in [-0.2, 0) is 11.3 Å². The lowest BCUT2D eigenvalue weighted by Gasteiger charge is -2.13. The van der Waals surface area contributed by atoms with Crippen molar-refractivity contribution >= 4 is 34.6 Å². The normalized spacial score (nSPS) is 13.9. The van der Waals surface area contributed by atoms with Crippen molar-refractivity contribution in [3.63, 3.8) is 0 Å². The summed E-state index contributed by atoms with van der Waals surface area (Å²) in [7, 11) is 0. The molecule has 1 saturated heterocycles. The Labute approximate surface area is 154 Å². The maximum Gasteiger partial charge on any atom is 0.324 e. The van der Waals surface area contributed by atoms with Crippen LogP contribution in [0.15, 0.2) is 46.9 Å². The van der Waals surface area contributed by atoms with E-state index in [2.05, 4.69) is 15.6 Å². The number of rotatable bonds is 4. The highest BCUT2D eigenvalue weighted by Crippen LogP contribution is 2.20. The van der Waals surface area contributed by atoms with Gasteiger partial charge in [0, 0.05) is 18.2 Å². The van der Waals surface area contributed by atoms with E-state index < -0.39 is 6.03 Å². The molecule has 4 rings (SSSR count). The van der Waals surface area contributed by atoms with Gasteiger partial charge in [-0.3, -0.25) is 14.5 Å². The third-order valence-electron chi connectivity index (χ3n) is 4.22. The SMILES string of the molecule is Cc1nc2cc(NC(=O)c3cccc(CN4C(=O)CNC4=O)c3)ccc2o1. The smallest absolute Gasteiger partial charge is 0.324 e. The van der Waals surface area contributed by atoms with Gasteiger partial charge in [0.15, 0.2) is 11.5 Å². The number of imide groups is 1. The highest BCUT2D eigenvalue weighted by molar-refractivity contribution is 6.05. The third kappa shape index (κ3) is 3.37. The molecule has 0 bridgehead atoms. The van der Waals surface area contributed by atoms with Crippen LogP contribution in [0.4, 0.5) is 10.5 Å². The van der Waals surface area contributed by atoms with E-state index in [4.69, 9.17) is 4.42 Å². The van der Waals surface area contributed by atoms with Crippen molar-refractivity contribution in [3.8, 4) is 0 Å². The summed E-state index contributed by atoms with van der Waals surface area (Å²) in [5.41, 5.74) is 3.03. The monoisotopic (exact) mass is 364 g/mol. The van der Waals surface area contributed by atoms with E-state index in [0.717, 1.165) is 4.90 Å². The van der Waals surface area contributed by atoms with Crippen molar-refractivity contribution in [3.05, 3.63) is 59.5 Å². The highest BCUT2D eigenvalue weighted by atomic mass is 16.3. The van der Waals surface area contributed by atoms with Crippen LogP contribution in [0.5, 0.6) is 0 Å². The molecule has 0 spiro atoms. The summed E-state index contributed by atoms with van der Waals surface area (Å²) in [5.74, 6) is -0.0265. The minimum atomic E-state index is -0.425. The number of amides is 4. The number of aryl methyl sites for hydroxylation is 1. The summed E-state index contributed by atoms with van der Waals surface area (Å²) in [6.45, 7) is 1.88. The van der Waals surface area contributed by atoms with E-state index in [1.807, 2.05) is 0 Å². The molecule has 8 heteroatoms. The molecule has 27 heavy (non-hydrogen) atoms. The van der Waals surface area contributed by atoms with E-state index in [-0.39, 0.29) is 24.9 Å². The first-order valence-electron chi connectivity index (χ1n) is 8.35. The molecule has 0 atom stereocenters. The van der Waals surface area contributed by atoms with Gasteiger partial charge in [-0.25, -0.2) is 9.78 Å². The first-order valence-corrected chi connectivity index (χ1v) is 8.35. The Kier molecular flexibility index (Phi) is 4.08. The molecule has 0 radical (unpaired) electrons. The number of oxazole rings is 1. The molecule has 4 amide bonds. The Balaban J connectivity index is 1.51. The molecule has 2 N–H and O–H groups in total. The largest absolute Gasteiger partial charge is 0.441 e. The Bertz CT molecular complexity index is 1060. The van der Waals surface area contributed by atoms with Crippen molar-refractivity contribution < 1.29 is 18.8 Å². The molecule has 2 aromatic carbocycles. The van der Waals surface area contributed by atoms with Crippen LogP contribution in [0.25, 0.3) is 11.1 Å². The van der Waals surface area contributed by atoms with Crippen molar-refractivity contribution in [2.75, 3.05) is 11.9 Å². The van der Waals surface area contributed by atoms with Crippen molar-refractivity contribution in [2.45, 2.75) is 13.5 Å². The van der Waals surface area contributed by atoms with Gasteiger partial charge in [-0.05, 0) is 35.9 Å². The summed E-state index contributed by atoms with van der Waals surface area (Å²) in [4.78, 5) is 41.3. The number of nitrogens with one attached hydrogen (secondary N) is 2. The summed E-state index contributed by atoms with van der Waals surface area (Å²) < 4.78 is 5.42. The van der Waals surface area contributed by atoms with Gasteiger partial charge in [0.05, 0.1) is 13.1 Å². The van der Waals surface area contributed by atoms with Gasteiger partial charge in [-0.1, -0.05) is 12.1 Å². The van der Waals surface area contributed by atoms with Crippen LogP contribution in [0, 0.1) is 6.92 Å². The van der Waals surface area contributed by atoms with E-state index in [1.54, 1.807) is 49.4 Å². The summed E-state index contributed by atoms with van der Waals surface area (Å²) in [6, 6.07) is 11.6. The van der Waals surface area contributed by atoms with Gasteiger partial charge in [0.25, 0.3) is 5.91 Å². The van der Waals surface area contributed by atoms with E-state index in [9.17, 15) is 14.4 Å². The lowest BCUT2D eigenvalue weighted by atomic mass is 10.1. The van der Waals surface area contributed by atoms with E-state index in [1.165, 1.54) is 0 Å². The average molecular weight is 364 g/mol. The first-order chi connectivity index (χ1) is 13.0. The number of benzene rings is 2. The molecule has 1 aliphatic rings. The second-order valence-corrected chi connectivity index (χ2v) is 6.21.